The van der Waals surface area contributed by atoms with Crippen LogP contribution < -0.4 is 5.32 Å². The average molecular weight is 258 g/mol. The summed E-state index contributed by atoms with van der Waals surface area (Å²) in [5.41, 5.74) is -0.574. The second kappa shape index (κ2) is 7.10. The molecular formula is C14H30N2O2. The maximum atomic E-state index is 12.0. The lowest BCUT2D eigenvalue weighted by molar-refractivity contribution is -0.149. The van der Waals surface area contributed by atoms with E-state index in [1.807, 2.05) is 6.92 Å². The van der Waals surface area contributed by atoms with Gasteiger partial charge in [-0.25, -0.2) is 0 Å². The molecule has 0 aromatic carbocycles. The van der Waals surface area contributed by atoms with Crippen LogP contribution >= 0.6 is 0 Å². The number of nitrogens with one attached hydrogen (secondary N) is 1. The van der Waals surface area contributed by atoms with Gasteiger partial charge in [-0.1, -0.05) is 13.8 Å². The van der Waals surface area contributed by atoms with E-state index in [-0.39, 0.29) is 11.5 Å². The lowest BCUT2D eigenvalue weighted by Gasteiger charge is -2.40. The van der Waals surface area contributed by atoms with Gasteiger partial charge in [0.05, 0.1) is 7.11 Å². The fourth-order valence-corrected chi connectivity index (χ4v) is 1.78. The second-order valence-electron chi connectivity index (χ2n) is 5.77. The smallest absolute Gasteiger partial charge is 0.327 e. The number of hydrogen-bond donors (Lipinski definition) is 1. The summed E-state index contributed by atoms with van der Waals surface area (Å²) in [6.45, 7) is 12.0. The van der Waals surface area contributed by atoms with Gasteiger partial charge in [0.25, 0.3) is 0 Å². The van der Waals surface area contributed by atoms with Crippen molar-refractivity contribution in [1.82, 2.24) is 10.2 Å². The topological polar surface area (TPSA) is 41.6 Å². The lowest BCUT2D eigenvalue weighted by Crippen LogP contribution is -2.60. The number of methoxy groups -OCH3 is 1. The molecule has 0 aliphatic heterocycles. The van der Waals surface area contributed by atoms with Crippen LogP contribution in [0, 0.1) is 0 Å². The van der Waals surface area contributed by atoms with E-state index in [0.717, 1.165) is 19.4 Å². The Morgan fingerprint density at radius 2 is 1.83 bits per heavy atom. The van der Waals surface area contributed by atoms with Crippen LogP contribution in [0.4, 0.5) is 0 Å². The van der Waals surface area contributed by atoms with Crippen LogP contribution in [0.25, 0.3) is 0 Å². The van der Waals surface area contributed by atoms with E-state index in [2.05, 4.69) is 45.0 Å². The molecule has 0 aromatic rings. The number of esters is 1. The fourth-order valence-electron chi connectivity index (χ4n) is 1.78. The molecule has 18 heavy (non-hydrogen) atoms. The molecule has 0 heterocycles. The Balaban J connectivity index is 4.84. The van der Waals surface area contributed by atoms with Gasteiger partial charge in [0.15, 0.2) is 0 Å². The van der Waals surface area contributed by atoms with Crippen molar-refractivity contribution in [3.05, 3.63) is 0 Å². The molecule has 4 nitrogen and oxygen atoms in total. The van der Waals surface area contributed by atoms with Gasteiger partial charge < -0.3 is 10.1 Å². The van der Waals surface area contributed by atoms with Crippen LogP contribution in [0.1, 0.15) is 47.5 Å². The normalized spacial score (nSPS) is 15.6. The zero-order chi connectivity index (χ0) is 14.4. The first-order valence-corrected chi connectivity index (χ1v) is 6.78. The lowest BCUT2D eigenvalue weighted by atomic mass is 9.95. The molecule has 0 aliphatic rings. The number of rotatable bonds is 8. The van der Waals surface area contributed by atoms with Gasteiger partial charge in [-0.15, -0.1) is 0 Å². The van der Waals surface area contributed by atoms with E-state index >= 15 is 0 Å². The highest BCUT2D eigenvalue weighted by Gasteiger charge is 2.37. The van der Waals surface area contributed by atoms with E-state index in [9.17, 15) is 4.79 Å². The van der Waals surface area contributed by atoms with Crippen molar-refractivity contribution < 1.29 is 9.53 Å². The molecule has 0 fully saturated rings. The predicted octanol–water partition coefficient (Wildman–Crippen LogP) is 2.04. The largest absolute Gasteiger partial charge is 0.468 e. The van der Waals surface area contributed by atoms with Crippen LogP contribution in [0.3, 0.4) is 0 Å². The quantitative estimate of drug-likeness (QED) is 0.677. The Hall–Kier alpha value is -0.610. The molecule has 0 bridgehead atoms. The Labute approximate surface area is 112 Å². The summed E-state index contributed by atoms with van der Waals surface area (Å²) in [4.78, 5) is 14.2. The molecule has 0 aromatic heterocycles. The molecule has 4 heteroatoms. The van der Waals surface area contributed by atoms with Crippen LogP contribution in [0.15, 0.2) is 0 Å². The summed E-state index contributed by atoms with van der Waals surface area (Å²) in [5.74, 6) is -0.199. The third-order valence-electron chi connectivity index (χ3n) is 3.85. The van der Waals surface area contributed by atoms with Crippen molar-refractivity contribution in [1.29, 1.82) is 0 Å². The zero-order valence-corrected chi connectivity index (χ0v) is 13.1. The number of nitrogens with zero attached hydrogens (tertiary/aromatic N) is 1. The molecule has 0 spiro atoms. The minimum atomic E-state index is -0.647. The average Bonchev–Trinajstić information content (AvgIpc) is 2.35. The van der Waals surface area contributed by atoms with Crippen LogP contribution in [-0.4, -0.2) is 49.2 Å². The number of carbonyl (C=O) groups is 1. The standard InChI is InChI=1S/C14H30N2O2/c1-8-10-15-14(5,12(17)18-7)11-16(6)13(3,4)9-2/h15H,8-11H2,1-7H3. The van der Waals surface area contributed by atoms with Crippen LogP contribution in [-0.2, 0) is 9.53 Å². The Bertz CT molecular complexity index is 267. The fraction of sp³-hybridized carbons (Fsp3) is 0.929. The van der Waals surface area contributed by atoms with E-state index in [0.29, 0.717) is 6.54 Å². The molecule has 0 radical (unpaired) electrons. The summed E-state index contributed by atoms with van der Waals surface area (Å²) < 4.78 is 4.93. The molecule has 0 saturated heterocycles. The van der Waals surface area contributed by atoms with Crippen molar-refractivity contribution in [2.75, 3.05) is 27.2 Å². The Morgan fingerprint density at radius 1 is 1.28 bits per heavy atom. The molecule has 0 rings (SSSR count). The molecule has 1 atom stereocenters. The van der Waals surface area contributed by atoms with Gasteiger partial charge in [0.1, 0.15) is 5.54 Å². The second-order valence-corrected chi connectivity index (χ2v) is 5.77. The highest BCUT2D eigenvalue weighted by molar-refractivity contribution is 5.80. The minimum Gasteiger partial charge on any atom is -0.468 e. The Kier molecular flexibility index (Phi) is 6.86. The van der Waals surface area contributed by atoms with Crippen LogP contribution in [0.5, 0.6) is 0 Å². The van der Waals surface area contributed by atoms with Crippen molar-refractivity contribution in [3.63, 3.8) is 0 Å². The van der Waals surface area contributed by atoms with E-state index < -0.39 is 5.54 Å². The maximum Gasteiger partial charge on any atom is 0.327 e. The molecule has 0 aliphatic carbocycles. The van der Waals surface area contributed by atoms with E-state index in [1.165, 1.54) is 7.11 Å². The highest BCUT2D eigenvalue weighted by atomic mass is 16.5. The van der Waals surface area contributed by atoms with Crippen molar-refractivity contribution in [3.8, 4) is 0 Å². The van der Waals surface area contributed by atoms with Gasteiger partial charge >= 0.3 is 5.97 Å². The summed E-state index contributed by atoms with van der Waals surface area (Å²) >= 11 is 0. The summed E-state index contributed by atoms with van der Waals surface area (Å²) in [5, 5.41) is 3.31. The van der Waals surface area contributed by atoms with Crippen molar-refractivity contribution in [2.45, 2.75) is 58.5 Å². The molecular weight excluding hydrogens is 228 g/mol. The van der Waals surface area contributed by atoms with Crippen molar-refractivity contribution >= 4 is 5.97 Å². The van der Waals surface area contributed by atoms with Gasteiger partial charge in [0.2, 0.25) is 0 Å². The van der Waals surface area contributed by atoms with Gasteiger partial charge in [-0.3, -0.25) is 9.69 Å². The van der Waals surface area contributed by atoms with Crippen LogP contribution in [0.2, 0.25) is 0 Å². The minimum absolute atomic E-state index is 0.0726. The number of carbonyl (C=O) groups excluding carboxylic acids is 1. The first-order valence-electron chi connectivity index (χ1n) is 6.78. The summed E-state index contributed by atoms with van der Waals surface area (Å²) in [6, 6.07) is 0. The van der Waals surface area contributed by atoms with E-state index in [1.54, 1.807) is 0 Å². The Morgan fingerprint density at radius 3 is 2.22 bits per heavy atom. The number of ether oxygens (including phenoxy) is 1. The van der Waals surface area contributed by atoms with Gasteiger partial charge in [0, 0.05) is 12.1 Å². The SMILES string of the molecule is CCCNC(C)(CN(C)C(C)(C)CC)C(=O)OC. The predicted molar refractivity (Wildman–Crippen MR) is 75.7 cm³/mol. The first-order chi connectivity index (χ1) is 8.23. The molecule has 108 valence electrons. The summed E-state index contributed by atoms with van der Waals surface area (Å²) in [7, 11) is 3.50. The maximum absolute atomic E-state index is 12.0. The third kappa shape index (κ3) is 4.58. The zero-order valence-electron chi connectivity index (χ0n) is 13.1. The number of hydrogen-bond acceptors (Lipinski definition) is 4. The monoisotopic (exact) mass is 258 g/mol. The number of likely N-dealkylation sites (N-methyl/N-ethyl adjacent to an activating group) is 1. The van der Waals surface area contributed by atoms with Gasteiger partial charge in [-0.2, -0.15) is 0 Å². The van der Waals surface area contributed by atoms with Crippen molar-refractivity contribution in [2.24, 2.45) is 0 Å². The molecule has 1 N–H and O–H groups in total. The third-order valence-corrected chi connectivity index (χ3v) is 3.85. The molecule has 1 unspecified atom stereocenters. The van der Waals surface area contributed by atoms with E-state index in [4.69, 9.17) is 4.74 Å². The molecule has 0 saturated carbocycles. The first kappa shape index (κ1) is 17.4. The highest BCUT2D eigenvalue weighted by Crippen LogP contribution is 2.20. The van der Waals surface area contributed by atoms with Gasteiger partial charge in [-0.05, 0) is 47.2 Å². The molecule has 0 amide bonds. The summed E-state index contributed by atoms with van der Waals surface area (Å²) in [6.07, 6.45) is 2.03.